The molecule has 1 unspecified atom stereocenters. The Morgan fingerprint density at radius 1 is 0.875 bits per heavy atom. The average Bonchev–Trinajstić information content (AvgIpc) is 3.31. The molecule has 8 heteroatoms. The molecule has 1 atom stereocenters. The highest BCUT2D eigenvalue weighted by molar-refractivity contribution is 5.79. The summed E-state index contributed by atoms with van der Waals surface area (Å²) in [4.78, 5) is 15.3. The molecule has 0 aliphatic heterocycles. The second-order valence-electron chi connectivity index (χ2n) is 9.19. The minimum Gasteiger partial charge on any atom is -0.599 e. The van der Waals surface area contributed by atoms with E-state index in [1.165, 1.54) is 7.11 Å². The molecule has 0 amide bonds. The van der Waals surface area contributed by atoms with Crippen LogP contribution >= 0.6 is 0 Å². The van der Waals surface area contributed by atoms with E-state index in [0.717, 1.165) is 22.3 Å². The van der Waals surface area contributed by atoms with Crippen LogP contribution in [-0.4, -0.2) is 44.6 Å². The summed E-state index contributed by atoms with van der Waals surface area (Å²) in [5, 5.41) is 22.1. The molecule has 1 aliphatic carbocycles. The molecule has 204 valence electrons. The molecule has 1 N–H and O–H groups in total. The molecule has 0 heterocycles. The average molecular weight is 539 g/mol. The fraction of sp³-hybridized carbons (Fsp3) is 0.188. The number of methoxy groups -OCH3 is 2. The Morgan fingerprint density at radius 2 is 1.50 bits per heavy atom. The molecule has 5 rings (SSSR count). The number of benzene rings is 4. The molecule has 0 spiro atoms. The Bertz CT molecular complexity index is 1490. The highest BCUT2D eigenvalue weighted by atomic mass is 16.6. The Balaban J connectivity index is 1.44. The molecule has 0 bridgehead atoms. The fourth-order valence-electron chi connectivity index (χ4n) is 5.00. The lowest BCUT2D eigenvalue weighted by atomic mass is 9.98. The first-order valence-corrected chi connectivity index (χ1v) is 12.7. The van der Waals surface area contributed by atoms with E-state index in [2.05, 4.69) is 29.3 Å². The van der Waals surface area contributed by atoms with E-state index < -0.39 is 24.7 Å². The van der Waals surface area contributed by atoms with Crippen LogP contribution in [0.4, 0.5) is 0 Å². The van der Waals surface area contributed by atoms with Crippen LogP contribution in [0, 0.1) is 0 Å². The number of carboxylic acids is 1. The number of carbonyl (C=O) groups is 1. The monoisotopic (exact) mass is 538 g/mol. The second kappa shape index (κ2) is 11.8. The van der Waals surface area contributed by atoms with Gasteiger partial charge in [-0.05, 0) is 52.1 Å². The van der Waals surface area contributed by atoms with Crippen molar-refractivity contribution in [3.05, 3.63) is 113 Å². The van der Waals surface area contributed by atoms with Crippen LogP contribution in [0.2, 0.25) is 0 Å². The molecular weight excluding hydrogens is 510 g/mol. The molecule has 0 aromatic heterocycles. The predicted octanol–water partition coefficient (Wildman–Crippen LogP) is 4.80. The summed E-state index contributed by atoms with van der Waals surface area (Å²) in [6.07, 6.45) is -0.712. The summed E-state index contributed by atoms with van der Waals surface area (Å²) < 4.78 is 21.9. The maximum Gasteiger partial charge on any atom is 0.341 e. The molecule has 0 fully saturated rings. The maximum atomic E-state index is 13.2. The van der Waals surface area contributed by atoms with Gasteiger partial charge in [-0.15, -0.1) is 0 Å². The molecule has 40 heavy (non-hydrogen) atoms. The number of nitrogens with zero attached hydrogens (tertiary/aromatic N) is 1. The zero-order valence-corrected chi connectivity index (χ0v) is 22.1. The second-order valence-corrected chi connectivity index (χ2v) is 9.19. The van der Waals surface area contributed by atoms with Crippen LogP contribution in [0.5, 0.6) is 17.2 Å². The van der Waals surface area contributed by atoms with E-state index >= 15 is 0 Å². The van der Waals surface area contributed by atoms with Gasteiger partial charge in [0.25, 0.3) is 0 Å². The van der Waals surface area contributed by atoms with Crippen molar-refractivity contribution in [3.8, 4) is 28.4 Å². The first-order valence-electron chi connectivity index (χ1n) is 12.7. The van der Waals surface area contributed by atoms with Crippen molar-refractivity contribution in [2.75, 3.05) is 27.4 Å². The molecule has 0 saturated heterocycles. The lowest BCUT2D eigenvalue weighted by molar-refractivity contribution is -0.251. The number of hydrogen-bond acceptors (Lipinski definition) is 7. The molecule has 1 aliphatic rings. The van der Waals surface area contributed by atoms with Gasteiger partial charge in [0.15, 0.2) is 6.61 Å². The summed E-state index contributed by atoms with van der Waals surface area (Å²) in [5.74, 6) is 0.303. The van der Waals surface area contributed by atoms with Gasteiger partial charge in [0, 0.05) is 24.2 Å². The van der Waals surface area contributed by atoms with Crippen molar-refractivity contribution in [2.24, 2.45) is 4.99 Å². The van der Waals surface area contributed by atoms with Gasteiger partial charge < -0.3 is 29.2 Å². The third-order valence-electron chi connectivity index (χ3n) is 6.86. The van der Waals surface area contributed by atoms with Crippen LogP contribution in [0.25, 0.3) is 11.1 Å². The number of ether oxygens (including phenoxy) is 4. The van der Waals surface area contributed by atoms with Crippen molar-refractivity contribution in [3.63, 3.8) is 0 Å². The van der Waals surface area contributed by atoms with Crippen LogP contribution in [0.3, 0.4) is 0 Å². The normalized spacial score (nSPS) is 13.2. The zero-order chi connectivity index (χ0) is 28.1. The third kappa shape index (κ3) is 5.56. The molecular formula is C32H28NO7-. The van der Waals surface area contributed by atoms with Crippen molar-refractivity contribution in [1.82, 2.24) is 0 Å². The summed E-state index contributed by atoms with van der Waals surface area (Å²) in [7, 11) is 3.09. The SMILES string of the molecule is COc1ccc(C(N=C([O-])OCC2c3ccccc3-c3ccccc32)c2ccc(OCC(=O)O)cc2)c(OC)c1. The summed E-state index contributed by atoms with van der Waals surface area (Å²) in [6.45, 7) is -0.315. The van der Waals surface area contributed by atoms with E-state index in [4.69, 9.17) is 24.1 Å². The van der Waals surface area contributed by atoms with Crippen LogP contribution < -0.4 is 19.3 Å². The minimum absolute atomic E-state index is 0.0915. The summed E-state index contributed by atoms with van der Waals surface area (Å²) >= 11 is 0. The molecule has 4 aromatic carbocycles. The Kier molecular flexibility index (Phi) is 7.87. The van der Waals surface area contributed by atoms with Gasteiger partial charge in [-0.25, -0.2) is 4.79 Å². The van der Waals surface area contributed by atoms with E-state index in [1.807, 2.05) is 24.3 Å². The van der Waals surface area contributed by atoms with Crippen LogP contribution in [0.1, 0.15) is 34.2 Å². The Morgan fingerprint density at radius 3 is 2.10 bits per heavy atom. The standard InChI is InChI=1S/C32H29NO7/c1-37-22-15-16-27(29(17-22)38-2)31(20-11-13-21(14-12-20)39-19-30(34)35)33-32(36)40-18-28-25-9-5-3-7-23(25)24-8-4-6-10-26(24)28/h3-17,28,31H,18-19H2,1-2H3,(H,33,36)(H,34,35)/p-1. The Hall–Kier alpha value is -4.98. The van der Waals surface area contributed by atoms with Gasteiger partial charge in [0.1, 0.15) is 29.4 Å². The van der Waals surface area contributed by atoms with Gasteiger partial charge in [-0.3, -0.25) is 4.99 Å². The lowest BCUT2D eigenvalue weighted by Gasteiger charge is -2.24. The summed E-state index contributed by atoms with van der Waals surface area (Å²) in [5.41, 5.74) is 5.81. The first kappa shape index (κ1) is 26.6. The van der Waals surface area contributed by atoms with Gasteiger partial charge in [-0.2, -0.15) is 0 Å². The van der Waals surface area contributed by atoms with Gasteiger partial charge in [0.05, 0.1) is 14.2 Å². The zero-order valence-electron chi connectivity index (χ0n) is 22.1. The maximum absolute atomic E-state index is 13.2. The lowest BCUT2D eigenvalue weighted by Crippen LogP contribution is -2.25. The smallest absolute Gasteiger partial charge is 0.341 e. The van der Waals surface area contributed by atoms with Crippen molar-refractivity contribution in [2.45, 2.75) is 12.0 Å². The molecule has 4 aromatic rings. The number of fused-ring (bicyclic) bond motifs is 3. The van der Waals surface area contributed by atoms with E-state index in [0.29, 0.717) is 28.4 Å². The van der Waals surface area contributed by atoms with Gasteiger partial charge in [0.2, 0.25) is 0 Å². The third-order valence-corrected chi connectivity index (χ3v) is 6.86. The van der Waals surface area contributed by atoms with Crippen molar-refractivity contribution in [1.29, 1.82) is 0 Å². The molecule has 8 nitrogen and oxygen atoms in total. The van der Waals surface area contributed by atoms with Gasteiger partial charge >= 0.3 is 5.97 Å². The van der Waals surface area contributed by atoms with Gasteiger partial charge in [-0.1, -0.05) is 60.7 Å². The number of hydrogen-bond donors (Lipinski definition) is 1. The molecule has 0 saturated carbocycles. The molecule has 0 radical (unpaired) electrons. The predicted molar refractivity (Wildman–Crippen MR) is 148 cm³/mol. The number of carboxylic acid groups (broad SMARTS) is 1. The van der Waals surface area contributed by atoms with E-state index in [9.17, 15) is 9.90 Å². The largest absolute Gasteiger partial charge is 0.599 e. The Labute approximate surface area is 232 Å². The number of aliphatic imine (C=N–C) groups is 1. The van der Waals surface area contributed by atoms with Crippen molar-refractivity contribution >= 4 is 12.1 Å². The van der Waals surface area contributed by atoms with E-state index in [-0.39, 0.29) is 12.5 Å². The topological polar surface area (TPSA) is 110 Å². The minimum atomic E-state index is -1.07. The summed E-state index contributed by atoms with van der Waals surface area (Å²) in [6, 6.07) is 27.5. The van der Waals surface area contributed by atoms with Crippen LogP contribution in [-0.2, 0) is 9.53 Å². The number of aliphatic carboxylic acids is 1. The fourth-order valence-corrected chi connectivity index (χ4v) is 5.00. The first-order chi connectivity index (χ1) is 19.5. The van der Waals surface area contributed by atoms with Crippen LogP contribution in [0.15, 0.2) is 96.0 Å². The highest BCUT2D eigenvalue weighted by Crippen LogP contribution is 2.44. The number of rotatable bonds is 10. The van der Waals surface area contributed by atoms with E-state index in [1.54, 1.807) is 49.6 Å². The quantitative estimate of drug-likeness (QED) is 0.228. The highest BCUT2D eigenvalue weighted by Gasteiger charge is 2.27. The van der Waals surface area contributed by atoms with Crippen molar-refractivity contribution < 1.29 is 34.0 Å².